The molecule has 5 heteroatoms. The number of rotatable bonds is 4. The Kier molecular flexibility index (Phi) is 3.92. The smallest absolute Gasteiger partial charge is 0.251 e. The second kappa shape index (κ2) is 5.79. The molecule has 0 spiro atoms. The fraction of sp³-hybridized carbons (Fsp3) is 0.421. The van der Waals surface area contributed by atoms with E-state index in [1.807, 2.05) is 46.0 Å². The van der Waals surface area contributed by atoms with Crippen LogP contribution in [0.3, 0.4) is 0 Å². The molecule has 1 aliphatic rings. The maximum Gasteiger partial charge on any atom is 0.251 e. The van der Waals surface area contributed by atoms with Crippen molar-refractivity contribution in [3.8, 4) is 6.07 Å². The average molecular weight is 322 g/mol. The summed E-state index contributed by atoms with van der Waals surface area (Å²) in [4.78, 5) is 12.9. The minimum absolute atomic E-state index is 0.114. The SMILES string of the molecule is Cc1cn(C(C)(C)C(=O)Nc2ccc(C#N)cc2C2CC2)nc1C. The van der Waals surface area contributed by atoms with E-state index in [1.165, 1.54) is 0 Å². The van der Waals surface area contributed by atoms with Gasteiger partial charge in [0.05, 0.1) is 17.3 Å². The number of nitriles is 1. The van der Waals surface area contributed by atoms with Crippen LogP contribution in [0.4, 0.5) is 5.69 Å². The monoisotopic (exact) mass is 322 g/mol. The normalized spacial score (nSPS) is 14.3. The molecule has 1 saturated carbocycles. The van der Waals surface area contributed by atoms with Crippen LogP contribution in [-0.2, 0) is 10.3 Å². The highest BCUT2D eigenvalue weighted by Gasteiger charge is 2.33. The van der Waals surface area contributed by atoms with Crippen LogP contribution in [0.15, 0.2) is 24.4 Å². The molecule has 0 aliphatic heterocycles. The Balaban J connectivity index is 1.88. The van der Waals surface area contributed by atoms with Crippen molar-refractivity contribution >= 4 is 11.6 Å². The number of aryl methyl sites for hydroxylation is 2. The maximum atomic E-state index is 12.9. The lowest BCUT2D eigenvalue weighted by atomic mass is 10.0. The Bertz CT molecular complexity index is 818. The van der Waals surface area contributed by atoms with Gasteiger partial charge in [-0.1, -0.05) is 0 Å². The molecule has 3 rings (SSSR count). The van der Waals surface area contributed by atoms with Crippen LogP contribution in [0, 0.1) is 25.2 Å². The molecule has 24 heavy (non-hydrogen) atoms. The zero-order chi connectivity index (χ0) is 17.5. The van der Waals surface area contributed by atoms with Crippen LogP contribution in [0.1, 0.15) is 55.0 Å². The Morgan fingerprint density at radius 1 is 1.38 bits per heavy atom. The summed E-state index contributed by atoms with van der Waals surface area (Å²) in [5, 5.41) is 16.6. The number of benzene rings is 1. The quantitative estimate of drug-likeness (QED) is 0.934. The lowest BCUT2D eigenvalue weighted by Crippen LogP contribution is -2.40. The zero-order valence-electron chi connectivity index (χ0n) is 14.6. The van der Waals surface area contributed by atoms with E-state index in [0.29, 0.717) is 11.5 Å². The van der Waals surface area contributed by atoms with E-state index in [9.17, 15) is 4.79 Å². The number of hydrogen-bond donors (Lipinski definition) is 1. The molecule has 1 amide bonds. The van der Waals surface area contributed by atoms with Crippen LogP contribution in [0.2, 0.25) is 0 Å². The Morgan fingerprint density at radius 2 is 2.08 bits per heavy atom. The molecule has 0 bridgehead atoms. The molecule has 1 aromatic carbocycles. The van der Waals surface area contributed by atoms with E-state index in [2.05, 4.69) is 16.5 Å². The summed E-state index contributed by atoms with van der Waals surface area (Å²) < 4.78 is 1.72. The van der Waals surface area contributed by atoms with Gasteiger partial charge in [-0.3, -0.25) is 9.48 Å². The lowest BCUT2D eigenvalue weighted by Gasteiger charge is -2.25. The first kappa shape index (κ1) is 16.3. The van der Waals surface area contributed by atoms with E-state index in [-0.39, 0.29) is 5.91 Å². The zero-order valence-corrected chi connectivity index (χ0v) is 14.6. The van der Waals surface area contributed by atoms with Gasteiger partial charge in [-0.15, -0.1) is 0 Å². The lowest BCUT2D eigenvalue weighted by molar-refractivity contribution is -0.123. The number of aromatic nitrogens is 2. The van der Waals surface area contributed by atoms with Crippen LogP contribution in [0.25, 0.3) is 0 Å². The second-order valence-electron chi connectivity index (χ2n) is 7.04. The van der Waals surface area contributed by atoms with Gasteiger partial charge in [0.25, 0.3) is 5.91 Å². The van der Waals surface area contributed by atoms with Crippen molar-refractivity contribution in [1.82, 2.24) is 9.78 Å². The van der Waals surface area contributed by atoms with Gasteiger partial charge in [-0.25, -0.2) is 0 Å². The minimum Gasteiger partial charge on any atom is -0.324 e. The van der Waals surface area contributed by atoms with Gasteiger partial charge in [0, 0.05) is 11.9 Å². The molecule has 5 nitrogen and oxygen atoms in total. The number of carbonyl (C=O) groups is 1. The first-order valence-corrected chi connectivity index (χ1v) is 8.22. The van der Waals surface area contributed by atoms with Crippen molar-refractivity contribution in [3.05, 3.63) is 46.8 Å². The molecule has 1 fully saturated rings. The highest BCUT2D eigenvalue weighted by Crippen LogP contribution is 2.44. The highest BCUT2D eigenvalue weighted by molar-refractivity contribution is 5.96. The predicted octanol–water partition coefficient (Wildman–Crippen LogP) is 3.62. The van der Waals surface area contributed by atoms with Crippen LogP contribution in [-0.4, -0.2) is 15.7 Å². The summed E-state index contributed by atoms with van der Waals surface area (Å²) in [6, 6.07) is 7.64. The fourth-order valence-electron chi connectivity index (χ4n) is 2.69. The first-order chi connectivity index (χ1) is 11.3. The summed E-state index contributed by atoms with van der Waals surface area (Å²) in [5.41, 5.74) is 3.68. The molecule has 0 atom stereocenters. The van der Waals surface area contributed by atoms with Crippen LogP contribution >= 0.6 is 0 Å². The highest BCUT2D eigenvalue weighted by atomic mass is 16.2. The Morgan fingerprint density at radius 3 is 2.62 bits per heavy atom. The van der Waals surface area contributed by atoms with Crippen molar-refractivity contribution < 1.29 is 4.79 Å². The third-order valence-corrected chi connectivity index (χ3v) is 4.72. The van der Waals surface area contributed by atoms with Crippen molar-refractivity contribution in [2.45, 2.75) is 52.0 Å². The number of amides is 1. The fourth-order valence-corrected chi connectivity index (χ4v) is 2.69. The van der Waals surface area contributed by atoms with Gasteiger partial charge in [0.1, 0.15) is 5.54 Å². The molecule has 0 unspecified atom stereocenters. The topological polar surface area (TPSA) is 70.7 Å². The van der Waals surface area contributed by atoms with E-state index < -0.39 is 5.54 Å². The molecule has 1 aromatic heterocycles. The molecule has 2 aromatic rings. The number of hydrogen-bond acceptors (Lipinski definition) is 3. The summed E-state index contributed by atoms with van der Waals surface area (Å²) in [7, 11) is 0. The van der Waals surface area contributed by atoms with E-state index in [1.54, 1.807) is 10.7 Å². The molecule has 124 valence electrons. The van der Waals surface area contributed by atoms with Crippen molar-refractivity contribution in [1.29, 1.82) is 5.26 Å². The van der Waals surface area contributed by atoms with Crippen molar-refractivity contribution in [2.75, 3.05) is 5.32 Å². The maximum absolute atomic E-state index is 12.9. The molecular weight excluding hydrogens is 300 g/mol. The molecular formula is C19H22N4O. The first-order valence-electron chi connectivity index (χ1n) is 8.22. The largest absolute Gasteiger partial charge is 0.324 e. The number of nitrogens with one attached hydrogen (secondary N) is 1. The summed E-state index contributed by atoms with van der Waals surface area (Å²) in [6.45, 7) is 7.63. The van der Waals surface area contributed by atoms with Crippen molar-refractivity contribution in [2.24, 2.45) is 0 Å². The third kappa shape index (κ3) is 2.92. The van der Waals surface area contributed by atoms with Gasteiger partial charge in [0.2, 0.25) is 0 Å². The molecule has 0 saturated heterocycles. The van der Waals surface area contributed by atoms with Crippen LogP contribution < -0.4 is 5.32 Å². The second-order valence-corrected chi connectivity index (χ2v) is 7.04. The Labute approximate surface area is 142 Å². The molecule has 1 N–H and O–H groups in total. The van der Waals surface area contributed by atoms with Crippen molar-refractivity contribution in [3.63, 3.8) is 0 Å². The van der Waals surface area contributed by atoms with Gasteiger partial charge >= 0.3 is 0 Å². The van der Waals surface area contributed by atoms with Gasteiger partial charge < -0.3 is 5.32 Å². The van der Waals surface area contributed by atoms with E-state index in [0.717, 1.165) is 35.3 Å². The van der Waals surface area contributed by atoms with Gasteiger partial charge in [0.15, 0.2) is 0 Å². The van der Waals surface area contributed by atoms with E-state index >= 15 is 0 Å². The predicted molar refractivity (Wildman–Crippen MR) is 92.8 cm³/mol. The third-order valence-electron chi connectivity index (χ3n) is 4.72. The molecule has 1 aliphatic carbocycles. The number of nitrogens with zero attached hydrogens (tertiary/aromatic N) is 3. The van der Waals surface area contributed by atoms with E-state index in [4.69, 9.17) is 5.26 Å². The number of anilines is 1. The average Bonchev–Trinajstić information content (AvgIpc) is 3.33. The molecule has 1 heterocycles. The molecule has 0 radical (unpaired) electrons. The summed E-state index contributed by atoms with van der Waals surface area (Å²) in [6.07, 6.45) is 4.12. The Hall–Kier alpha value is -2.61. The standard InChI is InChI=1S/C19H22N4O/c1-12-11-23(22-13(12)2)19(3,4)18(24)21-17-8-5-14(10-20)9-16(17)15-6-7-15/h5,8-9,11,15H,6-7H2,1-4H3,(H,21,24). The summed E-state index contributed by atoms with van der Waals surface area (Å²) >= 11 is 0. The van der Waals surface area contributed by atoms with Gasteiger partial charge in [-0.2, -0.15) is 10.4 Å². The number of carbonyl (C=O) groups excluding carboxylic acids is 1. The van der Waals surface area contributed by atoms with Gasteiger partial charge in [-0.05, 0) is 75.8 Å². The minimum atomic E-state index is -0.798. The summed E-state index contributed by atoms with van der Waals surface area (Å²) in [5.74, 6) is 0.336. The van der Waals surface area contributed by atoms with Crippen LogP contribution in [0.5, 0.6) is 0 Å².